The molecular formula is C20H23N5O. The molecule has 0 bridgehead atoms. The van der Waals surface area contributed by atoms with Gasteiger partial charge in [0, 0.05) is 62.3 Å². The molecule has 0 radical (unpaired) electrons. The molecule has 134 valence electrons. The van der Waals surface area contributed by atoms with Crippen LogP contribution in [0.25, 0.3) is 5.65 Å². The highest BCUT2D eigenvalue weighted by atomic mass is 16.2. The van der Waals surface area contributed by atoms with Gasteiger partial charge in [-0.1, -0.05) is 17.7 Å². The van der Waals surface area contributed by atoms with E-state index in [-0.39, 0.29) is 5.91 Å². The van der Waals surface area contributed by atoms with Crippen LogP contribution >= 0.6 is 0 Å². The molecule has 1 fully saturated rings. The molecule has 4 rings (SSSR count). The first-order chi connectivity index (χ1) is 12.7. The van der Waals surface area contributed by atoms with Gasteiger partial charge < -0.3 is 4.90 Å². The predicted molar refractivity (Wildman–Crippen MR) is 100.0 cm³/mol. The van der Waals surface area contributed by atoms with Crippen LogP contribution in [0.15, 0.2) is 48.9 Å². The summed E-state index contributed by atoms with van der Waals surface area (Å²) in [5.41, 5.74) is 3.90. The van der Waals surface area contributed by atoms with E-state index in [9.17, 15) is 4.79 Å². The van der Waals surface area contributed by atoms with Crippen LogP contribution < -0.4 is 0 Å². The normalized spacial score (nSPS) is 16.0. The van der Waals surface area contributed by atoms with Gasteiger partial charge in [-0.25, -0.2) is 9.50 Å². The fourth-order valence-electron chi connectivity index (χ4n) is 3.48. The average Bonchev–Trinajstić information content (AvgIpc) is 2.99. The highest BCUT2D eigenvalue weighted by Gasteiger charge is 2.20. The minimum atomic E-state index is 0.134. The number of rotatable bonds is 3. The Morgan fingerprint density at radius 1 is 1.15 bits per heavy atom. The first-order valence-corrected chi connectivity index (χ1v) is 9.05. The number of aromatic nitrogens is 3. The topological polar surface area (TPSA) is 53.7 Å². The standard InChI is InChI=1S/C20H23N5O/c1-16-4-2-5-18(12-16)20(26)24-9-3-8-23(10-11-24)14-17-13-21-19-6-7-22-25(19)15-17/h2,4-7,12-13,15H,3,8-11,14H2,1H3. The fourth-order valence-corrected chi connectivity index (χ4v) is 3.48. The van der Waals surface area contributed by atoms with E-state index in [1.165, 1.54) is 0 Å². The lowest BCUT2D eigenvalue weighted by Crippen LogP contribution is -2.35. The van der Waals surface area contributed by atoms with Crippen molar-refractivity contribution < 1.29 is 4.79 Å². The monoisotopic (exact) mass is 349 g/mol. The second-order valence-corrected chi connectivity index (χ2v) is 6.89. The largest absolute Gasteiger partial charge is 0.337 e. The summed E-state index contributed by atoms with van der Waals surface area (Å²) in [5, 5.41) is 4.25. The molecule has 1 aromatic carbocycles. The van der Waals surface area contributed by atoms with Crippen molar-refractivity contribution in [2.75, 3.05) is 26.2 Å². The van der Waals surface area contributed by atoms with Crippen LogP contribution in [0.1, 0.15) is 27.9 Å². The SMILES string of the molecule is Cc1cccc(C(=O)N2CCCN(Cc3cnc4ccnn4c3)CC2)c1. The molecule has 0 saturated carbocycles. The zero-order chi connectivity index (χ0) is 17.9. The van der Waals surface area contributed by atoms with Crippen molar-refractivity contribution in [3.05, 3.63) is 65.6 Å². The summed E-state index contributed by atoms with van der Waals surface area (Å²) in [5.74, 6) is 0.134. The van der Waals surface area contributed by atoms with E-state index >= 15 is 0 Å². The number of carbonyl (C=O) groups is 1. The molecule has 0 N–H and O–H groups in total. The minimum Gasteiger partial charge on any atom is -0.337 e. The summed E-state index contributed by atoms with van der Waals surface area (Å²) in [7, 11) is 0. The van der Waals surface area contributed by atoms with Crippen LogP contribution in [0, 0.1) is 6.92 Å². The predicted octanol–water partition coefficient (Wildman–Crippen LogP) is 2.39. The molecule has 0 unspecified atom stereocenters. The number of amides is 1. The summed E-state index contributed by atoms with van der Waals surface area (Å²) in [4.78, 5) is 21.6. The average molecular weight is 349 g/mol. The summed E-state index contributed by atoms with van der Waals surface area (Å²) >= 11 is 0. The molecule has 6 heteroatoms. The molecule has 1 aliphatic heterocycles. The summed E-state index contributed by atoms with van der Waals surface area (Å²) in [6.45, 7) is 6.26. The number of carbonyl (C=O) groups excluding carboxylic acids is 1. The van der Waals surface area contributed by atoms with Crippen LogP contribution in [-0.4, -0.2) is 56.5 Å². The Morgan fingerprint density at radius 2 is 2.08 bits per heavy atom. The smallest absolute Gasteiger partial charge is 0.253 e. The fraction of sp³-hybridized carbons (Fsp3) is 0.350. The van der Waals surface area contributed by atoms with Crippen molar-refractivity contribution in [3.8, 4) is 0 Å². The van der Waals surface area contributed by atoms with E-state index in [2.05, 4.69) is 15.0 Å². The number of hydrogen-bond acceptors (Lipinski definition) is 4. The molecule has 2 aromatic heterocycles. The molecule has 1 amide bonds. The molecule has 0 spiro atoms. The summed E-state index contributed by atoms with van der Waals surface area (Å²) < 4.78 is 1.81. The molecular weight excluding hydrogens is 326 g/mol. The van der Waals surface area contributed by atoms with E-state index in [0.717, 1.165) is 61.5 Å². The van der Waals surface area contributed by atoms with Gasteiger partial charge in [-0.05, 0) is 25.5 Å². The van der Waals surface area contributed by atoms with Crippen LogP contribution in [0.5, 0.6) is 0 Å². The summed E-state index contributed by atoms with van der Waals surface area (Å²) in [6, 6.07) is 9.74. The van der Waals surface area contributed by atoms with Crippen molar-refractivity contribution in [2.45, 2.75) is 19.9 Å². The third-order valence-electron chi connectivity index (χ3n) is 4.85. The van der Waals surface area contributed by atoms with Crippen molar-refractivity contribution in [1.82, 2.24) is 24.4 Å². The van der Waals surface area contributed by atoms with Gasteiger partial charge in [0.15, 0.2) is 5.65 Å². The maximum atomic E-state index is 12.8. The van der Waals surface area contributed by atoms with Gasteiger partial charge in [-0.2, -0.15) is 5.10 Å². The molecule has 3 heterocycles. The molecule has 0 aliphatic carbocycles. The van der Waals surface area contributed by atoms with Gasteiger partial charge in [0.1, 0.15) is 0 Å². The zero-order valence-electron chi connectivity index (χ0n) is 15.0. The molecule has 3 aromatic rings. The minimum absolute atomic E-state index is 0.134. The number of fused-ring (bicyclic) bond motifs is 1. The number of hydrogen-bond donors (Lipinski definition) is 0. The van der Waals surface area contributed by atoms with E-state index in [1.807, 2.05) is 54.5 Å². The Kier molecular flexibility index (Phi) is 4.67. The van der Waals surface area contributed by atoms with Gasteiger partial charge in [-0.3, -0.25) is 9.69 Å². The Morgan fingerprint density at radius 3 is 2.96 bits per heavy atom. The lowest BCUT2D eigenvalue weighted by Gasteiger charge is -2.22. The molecule has 26 heavy (non-hydrogen) atoms. The summed E-state index contributed by atoms with van der Waals surface area (Å²) in [6.07, 6.45) is 6.68. The van der Waals surface area contributed by atoms with Crippen LogP contribution in [0.3, 0.4) is 0 Å². The molecule has 6 nitrogen and oxygen atoms in total. The third kappa shape index (κ3) is 3.60. The van der Waals surface area contributed by atoms with Crippen molar-refractivity contribution in [3.63, 3.8) is 0 Å². The second kappa shape index (κ2) is 7.25. The maximum absolute atomic E-state index is 12.8. The van der Waals surface area contributed by atoms with Crippen molar-refractivity contribution in [2.24, 2.45) is 0 Å². The Labute approximate surface area is 153 Å². The second-order valence-electron chi connectivity index (χ2n) is 6.89. The van der Waals surface area contributed by atoms with E-state index in [4.69, 9.17) is 0 Å². The van der Waals surface area contributed by atoms with Crippen molar-refractivity contribution >= 4 is 11.6 Å². The van der Waals surface area contributed by atoms with Crippen molar-refractivity contribution in [1.29, 1.82) is 0 Å². The van der Waals surface area contributed by atoms with E-state index < -0.39 is 0 Å². The van der Waals surface area contributed by atoms with Gasteiger partial charge >= 0.3 is 0 Å². The van der Waals surface area contributed by atoms with E-state index in [1.54, 1.807) is 10.7 Å². The quantitative estimate of drug-likeness (QED) is 0.729. The Balaban J connectivity index is 1.40. The highest BCUT2D eigenvalue weighted by Crippen LogP contribution is 2.13. The Hall–Kier alpha value is -2.73. The highest BCUT2D eigenvalue weighted by molar-refractivity contribution is 5.94. The third-order valence-corrected chi connectivity index (χ3v) is 4.85. The van der Waals surface area contributed by atoms with E-state index in [0.29, 0.717) is 0 Å². The zero-order valence-corrected chi connectivity index (χ0v) is 15.0. The first kappa shape index (κ1) is 16.7. The van der Waals surface area contributed by atoms with Gasteiger partial charge in [0.05, 0.1) is 6.20 Å². The lowest BCUT2D eigenvalue weighted by molar-refractivity contribution is 0.0761. The lowest BCUT2D eigenvalue weighted by atomic mass is 10.1. The molecule has 0 atom stereocenters. The number of benzene rings is 1. The van der Waals surface area contributed by atoms with Gasteiger partial charge in [0.2, 0.25) is 0 Å². The number of nitrogens with zero attached hydrogens (tertiary/aromatic N) is 5. The van der Waals surface area contributed by atoms with Crippen LogP contribution in [0.2, 0.25) is 0 Å². The van der Waals surface area contributed by atoms with Crippen LogP contribution in [0.4, 0.5) is 0 Å². The van der Waals surface area contributed by atoms with Crippen LogP contribution in [-0.2, 0) is 6.54 Å². The van der Waals surface area contributed by atoms with Gasteiger partial charge in [-0.15, -0.1) is 0 Å². The first-order valence-electron chi connectivity index (χ1n) is 9.05. The molecule has 1 aliphatic rings. The number of aryl methyl sites for hydroxylation is 1. The Bertz CT molecular complexity index is 919. The van der Waals surface area contributed by atoms with Gasteiger partial charge in [0.25, 0.3) is 5.91 Å². The maximum Gasteiger partial charge on any atom is 0.253 e. The molecule has 1 saturated heterocycles.